The van der Waals surface area contributed by atoms with E-state index in [-0.39, 0.29) is 33.6 Å². The van der Waals surface area contributed by atoms with Crippen LogP contribution >= 0.6 is 0 Å². The van der Waals surface area contributed by atoms with Crippen LogP contribution in [-0.2, 0) is 10.8 Å². The monoisotopic (exact) mass is 772 g/mol. The number of halogens is 2. The van der Waals surface area contributed by atoms with E-state index in [0.717, 1.165) is 55.2 Å². The molecule has 1 N–H and O–H groups in total. The number of nitrogens with one attached hydrogen (secondary N) is 1. The Morgan fingerprint density at radius 2 is 0.780 bits per heavy atom. The summed E-state index contributed by atoms with van der Waals surface area (Å²) >= 11 is 0. The van der Waals surface area contributed by atoms with E-state index in [4.69, 9.17) is 15.0 Å². The van der Waals surface area contributed by atoms with Crippen LogP contribution in [0.3, 0.4) is 0 Å². The minimum Gasteiger partial charge on any atom is -0.353 e. The van der Waals surface area contributed by atoms with Gasteiger partial charge in [0.05, 0.1) is 33.8 Å². The van der Waals surface area contributed by atoms with Gasteiger partial charge in [0.1, 0.15) is 11.4 Å². The summed E-state index contributed by atoms with van der Waals surface area (Å²) in [6, 6.07) is 45.2. The summed E-state index contributed by atoms with van der Waals surface area (Å²) in [6.07, 6.45) is 0. The van der Waals surface area contributed by atoms with Gasteiger partial charge < -0.3 is 4.98 Å². The van der Waals surface area contributed by atoms with Crippen molar-refractivity contribution in [1.82, 2.24) is 19.9 Å². The molecule has 0 aliphatic carbocycles. The van der Waals surface area contributed by atoms with E-state index in [0.29, 0.717) is 33.6 Å². The Morgan fingerprint density at radius 3 is 1.17 bits per heavy atom. The molecule has 5 heterocycles. The third-order valence-electron chi connectivity index (χ3n) is 11.6. The van der Waals surface area contributed by atoms with E-state index in [2.05, 4.69) is 70.8 Å². The highest BCUT2D eigenvalue weighted by Crippen LogP contribution is 2.45. The van der Waals surface area contributed by atoms with Crippen molar-refractivity contribution in [2.45, 2.75) is 52.4 Å². The van der Waals surface area contributed by atoms with Crippen LogP contribution in [0.4, 0.5) is 8.78 Å². The molecule has 288 valence electrons. The smallest absolute Gasteiger partial charge is 0.158 e. The molecule has 0 fully saturated rings. The average molecular weight is 773 g/mol. The molecule has 0 radical (unpaired) electrons. The SMILES string of the molecule is CC(C)(C)c1cc2c3[nH]c4c(cc(C(C)(C)C)cc4c3c1)-c1cc(-c3ccccc3)c(F)c(n1)-c1cc(-c3ccccc3)cc(n1)-c1nc-2cc(-c2ccccc2)c1F. The molecule has 10 rings (SSSR count). The lowest BCUT2D eigenvalue weighted by Gasteiger charge is -2.22. The largest absolute Gasteiger partial charge is 0.353 e. The van der Waals surface area contributed by atoms with Crippen LogP contribution in [0, 0.1) is 11.6 Å². The van der Waals surface area contributed by atoms with Gasteiger partial charge in [-0.05, 0) is 92.7 Å². The first-order valence-electron chi connectivity index (χ1n) is 20.1. The summed E-state index contributed by atoms with van der Waals surface area (Å²) in [5.74, 6) is -1.03. The van der Waals surface area contributed by atoms with Crippen molar-refractivity contribution in [3.8, 4) is 78.7 Å². The van der Waals surface area contributed by atoms with Gasteiger partial charge in [0.15, 0.2) is 11.6 Å². The summed E-state index contributed by atoms with van der Waals surface area (Å²) in [6.45, 7) is 13.2. The van der Waals surface area contributed by atoms with Gasteiger partial charge in [-0.15, -0.1) is 0 Å². The number of nitrogens with zero attached hydrogens (tertiary/aromatic N) is 3. The van der Waals surface area contributed by atoms with E-state index in [1.54, 1.807) is 0 Å². The van der Waals surface area contributed by atoms with E-state index in [1.165, 1.54) is 0 Å². The zero-order chi connectivity index (χ0) is 40.8. The molecule has 4 nitrogen and oxygen atoms in total. The summed E-state index contributed by atoms with van der Waals surface area (Å²) in [5, 5.41) is 2.04. The van der Waals surface area contributed by atoms with Crippen molar-refractivity contribution in [3.05, 3.63) is 162 Å². The van der Waals surface area contributed by atoms with Gasteiger partial charge in [-0.25, -0.2) is 23.7 Å². The Kier molecular flexibility index (Phi) is 8.29. The first kappa shape index (κ1) is 36.5. The Balaban J connectivity index is 1.45. The average Bonchev–Trinajstić information content (AvgIpc) is 3.62. The van der Waals surface area contributed by atoms with Crippen molar-refractivity contribution < 1.29 is 8.78 Å². The second-order valence-corrected chi connectivity index (χ2v) is 17.7. The second kappa shape index (κ2) is 13.4. The van der Waals surface area contributed by atoms with Crippen LogP contribution in [0.25, 0.3) is 100 Å². The van der Waals surface area contributed by atoms with E-state index in [1.807, 2.05) is 115 Å². The third-order valence-corrected chi connectivity index (χ3v) is 11.6. The first-order valence-corrected chi connectivity index (χ1v) is 20.1. The van der Waals surface area contributed by atoms with Gasteiger partial charge in [-0.2, -0.15) is 0 Å². The Morgan fingerprint density at radius 1 is 0.390 bits per heavy atom. The van der Waals surface area contributed by atoms with E-state index in [9.17, 15) is 0 Å². The van der Waals surface area contributed by atoms with Gasteiger partial charge in [-0.3, -0.25) is 0 Å². The highest BCUT2D eigenvalue weighted by atomic mass is 19.1. The molecule has 4 aromatic heterocycles. The number of hydrogen-bond donors (Lipinski definition) is 1. The van der Waals surface area contributed by atoms with E-state index >= 15 is 8.78 Å². The number of H-pyrrole nitrogens is 1. The number of rotatable bonds is 3. The highest BCUT2D eigenvalue weighted by molar-refractivity contribution is 6.16. The van der Waals surface area contributed by atoms with Crippen LogP contribution < -0.4 is 0 Å². The lowest BCUT2D eigenvalue weighted by Crippen LogP contribution is -2.11. The van der Waals surface area contributed by atoms with Gasteiger partial charge in [0, 0.05) is 33.0 Å². The van der Waals surface area contributed by atoms with Crippen molar-refractivity contribution in [1.29, 1.82) is 0 Å². The van der Waals surface area contributed by atoms with Crippen LogP contribution in [0.1, 0.15) is 52.7 Å². The normalized spacial score (nSPS) is 12.4. The third kappa shape index (κ3) is 6.22. The molecule has 0 saturated heterocycles. The molecule has 0 amide bonds. The second-order valence-electron chi connectivity index (χ2n) is 17.7. The Labute approximate surface area is 342 Å². The Bertz CT molecular complexity index is 2930. The molecule has 59 heavy (non-hydrogen) atoms. The molecule has 1 aliphatic rings. The van der Waals surface area contributed by atoms with Crippen LogP contribution in [0.2, 0.25) is 0 Å². The zero-order valence-electron chi connectivity index (χ0n) is 33.9. The van der Waals surface area contributed by atoms with Crippen molar-refractivity contribution in [2.75, 3.05) is 0 Å². The quantitative estimate of drug-likeness (QED) is 0.195. The summed E-state index contributed by atoms with van der Waals surface area (Å²) in [4.78, 5) is 19.3. The predicted molar refractivity (Wildman–Crippen MR) is 238 cm³/mol. The minimum absolute atomic E-state index is 0.0680. The lowest BCUT2D eigenvalue weighted by molar-refractivity contribution is 0.590. The van der Waals surface area contributed by atoms with Crippen molar-refractivity contribution in [3.63, 3.8) is 0 Å². The number of aromatic amines is 1. The Hall–Kier alpha value is -6.79. The number of aromatic nitrogens is 4. The summed E-state index contributed by atoms with van der Waals surface area (Å²) in [7, 11) is 0. The highest BCUT2D eigenvalue weighted by Gasteiger charge is 2.28. The predicted octanol–water partition coefficient (Wildman–Crippen LogP) is 14.4. The number of fused-ring (bicyclic) bond motifs is 11. The maximum Gasteiger partial charge on any atom is 0.158 e. The zero-order valence-corrected chi connectivity index (χ0v) is 33.9. The lowest BCUT2D eigenvalue weighted by atomic mass is 9.83. The van der Waals surface area contributed by atoms with Gasteiger partial charge in [0.25, 0.3) is 0 Å². The maximum atomic E-state index is 17.5. The molecule has 0 atom stereocenters. The first-order chi connectivity index (χ1) is 28.3. The van der Waals surface area contributed by atoms with Crippen molar-refractivity contribution in [2.24, 2.45) is 0 Å². The number of pyridine rings is 3. The fourth-order valence-corrected chi connectivity index (χ4v) is 8.27. The van der Waals surface area contributed by atoms with Gasteiger partial charge >= 0.3 is 0 Å². The minimum atomic E-state index is -0.514. The van der Waals surface area contributed by atoms with Crippen LogP contribution in [0.15, 0.2) is 140 Å². The molecule has 0 unspecified atom stereocenters. The van der Waals surface area contributed by atoms with Gasteiger partial charge in [0.2, 0.25) is 0 Å². The fraction of sp³-hybridized carbons (Fsp3) is 0.151. The molecule has 1 aliphatic heterocycles. The summed E-state index contributed by atoms with van der Waals surface area (Å²) in [5.41, 5.74) is 10.9. The topological polar surface area (TPSA) is 54.5 Å². The molecule has 0 saturated carbocycles. The van der Waals surface area contributed by atoms with Gasteiger partial charge in [-0.1, -0.05) is 133 Å². The van der Waals surface area contributed by atoms with Crippen molar-refractivity contribution >= 4 is 21.8 Å². The molecule has 5 aromatic carbocycles. The summed E-state index contributed by atoms with van der Waals surface area (Å²) < 4.78 is 35.0. The number of hydrogen-bond acceptors (Lipinski definition) is 3. The molecule has 0 spiro atoms. The molecular weight excluding hydrogens is 731 g/mol. The molecular formula is C53H42F2N4. The fourth-order valence-electron chi connectivity index (χ4n) is 8.27. The molecule has 6 heteroatoms. The standard InChI is InChI=1S/C53H42F2N4/c1-52(2,3)34-24-38-39-25-35(53(4,5)6)27-41-43-29-37(32-20-14-9-15-21-32)47(55)51(58-43)45-23-33(30-16-10-7-11-17-30)22-44(56-45)50-46(54)36(31-18-12-8-13-19-31)28-42(57-50)40(26-34)48(38)59-49(39)41/h7-29,59H,1-6H3. The maximum absolute atomic E-state index is 17.5. The molecule has 8 bridgehead atoms. The van der Waals surface area contributed by atoms with E-state index < -0.39 is 11.6 Å². The molecule has 9 aromatic rings. The van der Waals surface area contributed by atoms with Crippen LogP contribution in [0.5, 0.6) is 0 Å². The van der Waals surface area contributed by atoms with Crippen LogP contribution in [-0.4, -0.2) is 19.9 Å². The number of benzene rings is 5.